The van der Waals surface area contributed by atoms with E-state index in [9.17, 15) is 18.0 Å². The van der Waals surface area contributed by atoms with Crippen molar-refractivity contribution in [3.8, 4) is 0 Å². The van der Waals surface area contributed by atoms with Gasteiger partial charge >= 0.3 is 6.18 Å². The number of aliphatic hydroxyl groups is 1. The van der Waals surface area contributed by atoms with Gasteiger partial charge in [-0.1, -0.05) is 0 Å². The summed E-state index contributed by atoms with van der Waals surface area (Å²) in [5, 5.41) is 8.03. The normalized spacial score (nSPS) is 28.2. The molecule has 3 unspecified atom stereocenters. The quantitative estimate of drug-likeness (QED) is 0.758. The number of nitrogens with zero attached hydrogens (tertiary/aromatic N) is 1. The van der Waals surface area contributed by atoms with Gasteiger partial charge in [-0.15, -0.1) is 11.6 Å². The number of hydrogen-bond acceptors (Lipinski definition) is 2. The van der Waals surface area contributed by atoms with Crippen molar-refractivity contribution in [2.45, 2.75) is 18.5 Å². The number of aliphatic hydroxyl groups excluding tert-OH is 1. The second-order valence-electron chi connectivity index (χ2n) is 3.95. The maximum absolute atomic E-state index is 12.6. The lowest BCUT2D eigenvalue weighted by Gasteiger charge is -2.19. The Morgan fingerprint density at radius 3 is 2.44 bits per heavy atom. The summed E-state index contributed by atoms with van der Waals surface area (Å²) < 4.78 is 37.7. The first-order chi connectivity index (χ1) is 7.27. The molecule has 0 spiro atoms. The molecule has 3 nitrogen and oxygen atoms in total. The molecule has 1 amide bonds. The van der Waals surface area contributed by atoms with Crippen LogP contribution in [0.3, 0.4) is 0 Å². The van der Waals surface area contributed by atoms with E-state index in [0.29, 0.717) is 0 Å². The molecule has 1 aliphatic heterocycles. The monoisotopic (exact) mass is 259 g/mol. The second kappa shape index (κ2) is 4.79. The highest BCUT2D eigenvalue weighted by atomic mass is 35.5. The van der Waals surface area contributed by atoms with Crippen LogP contribution in [0.1, 0.15) is 6.92 Å². The molecule has 0 bridgehead atoms. The number of halogens is 4. The molecule has 3 atom stereocenters. The largest absolute Gasteiger partial charge is 0.396 e. The van der Waals surface area contributed by atoms with Gasteiger partial charge in [-0.2, -0.15) is 13.2 Å². The van der Waals surface area contributed by atoms with Crippen LogP contribution in [-0.4, -0.2) is 47.2 Å². The Hall–Kier alpha value is -0.490. The minimum Gasteiger partial charge on any atom is -0.396 e. The molecule has 16 heavy (non-hydrogen) atoms. The third-order valence-corrected chi connectivity index (χ3v) is 2.93. The van der Waals surface area contributed by atoms with Crippen LogP contribution in [0.5, 0.6) is 0 Å². The predicted molar refractivity (Wildman–Crippen MR) is 52.0 cm³/mol. The van der Waals surface area contributed by atoms with E-state index >= 15 is 0 Å². The molecule has 1 N–H and O–H groups in total. The highest BCUT2D eigenvalue weighted by molar-refractivity contribution is 6.30. The summed E-state index contributed by atoms with van der Waals surface area (Å²) in [5.41, 5.74) is 0. The van der Waals surface area contributed by atoms with Crippen LogP contribution < -0.4 is 0 Å². The van der Waals surface area contributed by atoms with E-state index < -0.39 is 42.4 Å². The molecule has 0 aromatic rings. The van der Waals surface area contributed by atoms with Gasteiger partial charge in [0, 0.05) is 25.6 Å². The zero-order valence-corrected chi connectivity index (χ0v) is 9.42. The molecule has 7 heteroatoms. The van der Waals surface area contributed by atoms with Crippen molar-refractivity contribution in [2.75, 3.05) is 19.7 Å². The summed E-state index contributed by atoms with van der Waals surface area (Å²) in [7, 11) is 0. The maximum Gasteiger partial charge on any atom is 0.393 e. The Morgan fingerprint density at radius 1 is 1.56 bits per heavy atom. The Bertz CT molecular complexity index is 270. The molecule has 0 saturated carbocycles. The van der Waals surface area contributed by atoms with Crippen LogP contribution in [0.15, 0.2) is 0 Å². The van der Waals surface area contributed by atoms with E-state index in [1.54, 1.807) is 0 Å². The average molecular weight is 260 g/mol. The second-order valence-corrected chi connectivity index (χ2v) is 4.60. The third-order valence-electron chi connectivity index (χ3n) is 2.75. The SMILES string of the molecule is CC(Cl)C(=O)N1CC(CO)C(C(F)(F)F)C1. The van der Waals surface area contributed by atoms with E-state index in [4.69, 9.17) is 16.7 Å². The van der Waals surface area contributed by atoms with E-state index in [-0.39, 0.29) is 6.54 Å². The molecule has 1 fully saturated rings. The van der Waals surface area contributed by atoms with Gasteiger partial charge < -0.3 is 10.0 Å². The average Bonchev–Trinajstić information content (AvgIpc) is 2.59. The van der Waals surface area contributed by atoms with Gasteiger partial charge in [0.2, 0.25) is 5.91 Å². The number of hydrogen-bond donors (Lipinski definition) is 1. The van der Waals surface area contributed by atoms with Gasteiger partial charge in [-0.25, -0.2) is 0 Å². The van der Waals surface area contributed by atoms with Crippen LogP contribution in [0.25, 0.3) is 0 Å². The molecule has 0 aliphatic carbocycles. The fraction of sp³-hybridized carbons (Fsp3) is 0.889. The fourth-order valence-electron chi connectivity index (χ4n) is 1.86. The summed E-state index contributed by atoms with van der Waals surface area (Å²) >= 11 is 5.53. The Balaban J connectivity index is 2.74. The molecule has 1 saturated heterocycles. The lowest BCUT2D eigenvalue weighted by molar-refractivity contribution is -0.183. The molecular weight excluding hydrogens is 247 g/mol. The summed E-state index contributed by atoms with van der Waals surface area (Å²) in [6.07, 6.45) is -4.39. The van der Waals surface area contributed by atoms with Crippen LogP contribution in [-0.2, 0) is 4.79 Å². The number of rotatable bonds is 2. The Kier molecular flexibility index (Phi) is 4.07. The minimum absolute atomic E-state index is 0.0867. The number of carbonyl (C=O) groups excluding carboxylic acids is 1. The van der Waals surface area contributed by atoms with E-state index in [1.165, 1.54) is 6.92 Å². The molecule has 0 aromatic heterocycles. The topological polar surface area (TPSA) is 40.5 Å². The third kappa shape index (κ3) is 2.79. The standard InChI is InChI=1S/C9H13ClF3NO2/c1-5(10)8(16)14-2-6(4-15)7(3-14)9(11,12)13/h5-7,15H,2-4H2,1H3. The van der Waals surface area contributed by atoms with Crippen molar-refractivity contribution in [2.24, 2.45) is 11.8 Å². The van der Waals surface area contributed by atoms with E-state index in [0.717, 1.165) is 4.90 Å². The van der Waals surface area contributed by atoms with Crippen LogP contribution in [0, 0.1) is 11.8 Å². The summed E-state index contributed by atoms with van der Waals surface area (Å²) in [4.78, 5) is 12.5. The maximum atomic E-state index is 12.6. The van der Waals surface area contributed by atoms with Crippen molar-refractivity contribution >= 4 is 17.5 Å². The number of likely N-dealkylation sites (tertiary alicyclic amines) is 1. The minimum atomic E-state index is -4.39. The van der Waals surface area contributed by atoms with E-state index in [1.807, 2.05) is 0 Å². The lowest BCUT2D eigenvalue weighted by atomic mass is 9.97. The van der Waals surface area contributed by atoms with Crippen LogP contribution in [0.4, 0.5) is 13.2 Å². The Labute approximate surface area is 96.2 Å². The Morgan fingerprint density at radius 2 is 2.12 bits per heavy atom. The molecule has 1 heterocycles. The predicted octanol–water partition coefficient (Wildman–Crippen LogP) is 1.24. The molecule has 1 rings (SSSR count). The van der Waals surface area contributed by atoms with Gasteiger partial charge in [-0.3, -0.25) is 4.79 Å². The first-order valence-corrected chi connectivity index (χ1v) is 5.31. The smallest absolute Gasteiger partial charge is 0.393 e. The highest BCUT2D eigenvalue weighted by Gasteiger charge is 2.50. The number of amides is 1. The van der Waals surface area contributed by atoms with Gasteiger partial charge in [-0.05, 0) is 6.92 Å². The van der Waals surface area contributed by atoms with Crippen LogP contribution in [0.2, 0.25) is 0 Å². The van der Waals surface area contributed by atoms with Gasteiger partial charge in [0.05, 0.1) is 5.92 Å². The van der Waals surface area contributed by atoms with Crippen molar-refractivity contribution in [1.82, 2.24) is 4.90 Å². The molecule has 0 radical (unpaired) electrons. The molecule has 94 valence electrons. The van der Waals surface area contributed by atoms with Gasteiger partial charge in [0.1, 0.15) is 5.38 Å². The summed E-state index contributed by atoms with van der Waals surface area (Å²) in [6.45, 7) is 0.338. The molecular formula is C9H13ClF3NO2. The lowest BCUT2D eigenvalue weighted by Crippen LogP contribution is -2.35. The van der Waals surface area contributed by atoms with Crippen molar-refractivity contribution in [1.29, 1.82) is 0 Å². The van der Waals surface area contributed by atoms with Crippen molar-refractivity contribution in [3.05, 3.63) is 0 Å². The number of alkyl halides is 4. The van der Waals surface area contributed by atoms with Gasteiger partial charge in [0.15, 0.2) is 0 Å². The first kappa shape index (κ1) is 13.6. The molecule has 1 aliphatic rings. The van der Waals surface area contributed by atoms with Crippen LogP contribution >= 0.6 is 11.6 Å². The van der Waals surface area contributed by atoms with Crippen molar-refractivity contribution in [3.63, 3.8) is 0 Å². The van der Waals surface area contributed by atoms with E-state index in [2.05, 4.69) is 0 Å². The summed E-state index contributed by atoms with van der Waals surface area (Å²) in [5.74, 6) is -3.12. The summed E-state index contributed by atoms with van der Waals surface area (Å²) in [6, 6.07) is 0. The zero-order valence-electron chi connectivity index (χ0n) is 8.67. The molecule has 0 aromatic carbocycles. The fourth-order valence-corrected chi connectivity index (χ4v) is 2.00. The van der Waals surface area contributed by atoms with Gasteiger partial charge in [0.25, 0.3) is 0 Å². The van der Waals surface area contributed by atoms with Crippen molar-refractivity contribution < 1.29 is 23.1 Å². The zero-order chi connectivity index (χ0) is 12.5. The highest BCUT2D eigenvalue weighted by Crippen LogP contribution is 2.37. The first-order valence-electron chi connectivity index (χ1n) is 4.87. The number of carbonyl (C=O) groups is 1.